The van der Waals surface area contributed by atoms with Gasteiger partial charge in [-0.05, 0) is 33.2 Å². The summed E-state index contributed by atoms with van der Waals surface area (Å²) in [7, 11) is 0. The van der Waals surface area contributed by atoms with Crippen molar-refractivity contribution < 1.29 is 9.32 Å². The third-order valence-electron chi connectivity index (χ3n) is 3.15. The lowest BCUT2D eigenvalue weighted by Crippen LogP contribution is -2.27. The van der Waals surface area contributed by atoms with Crippen LogP contribution in [0, 0.1) is 13.8 Å². The standard InChI is InChI=1S/C13H19N3O2/c1-9-12(10(2)18-16-9)13(17)15-8-5-11-3-6-14-7-4-11/h3,14H,4-8H2,1-2H3,(H,15,17). The van der Waals surface area contributed by atoms with Crippen LogP contribution in [0.4, 0.5) is 0 Å². The predicted octanol–water partition coefficient (Wildman–Crippen LogP) is 1.33. The molecule has 0 aliphatic carbocycles. The highest BCUT2D eigenvalue weighted by Crippen LogP contribution is 2.12. The Morgan fingerprint density at radius 1 is 1.56 bits per heavy atom. The normalized spacial score (nSPS) is 15.3. The topological polar surface area (TPSA) is 67.2 Å². The summed E-state index contributed by atoms with van der Waals surface area (Å²) >= 11 is 0. The molecular weight excluding hydrogens is 230 g/mol. The molecule has 0 fully saturated rings. The van der Waals surface area contributed by atoms with E-state index >= 15 is 0 Å². The van der Waals surface area contributed by atoms with E-state index in [9.17, 15) is 4.79 Å². The van der Waals surface area contributed by atoms with E-state index in [0.29, 0.717) is 23.6 Å². The Bertz CT molecular complexity index is 443. The highest BCUT2D eigenvalue weighted by Gasteiger charge is 2.16. The maximum Gasteiger partial charge on any atom is 0.256 e. The van der Waals surface area contributed by atoms with E-state index in [2.05, 4.69) is 21.9 Å². The van der Waals surface area contributed by atoms with Gasteiger partial charge >= 0.3 is 0 Å². The number of rotatable bonds is 4. The second-order valence-electron chi connectivity index (χ2n) is 4.52. The first kappa shape index (κ1) is 12.8. The zero-order chi connectivity index (χ0) is 13.0. The summed E-state index contributed by atoms with van der Waals surface area (Å²) in [5.74, 6) is 0.479. The monoisotopic (exact) mass is 249 g/mol. The Kier molecular flexibility index (Phi) is 4.15. The fourth-order valence-corrected chi connectivity index (χ4v) is 2.13. The predicted molar refractivity (Wildman–Crippen MR) is 68.5 cm³/mol. The van der Waals surface area contributed by atoms with Crippen LogP contribution in [0.3, 0.4) is 0 Å². The molecule has 1 aromatic heterocycles. The number of carbonyl (C=O) groups is 1. The number of amides is 1. The molecule has 0 saturated carbocycles. The van der Waals surface area contributed by atoms with Crippen molar-refractivity contribution >= 4 is 5.91 Å². The Morgan fingerprint density at radius 2 is 2.39 bits per heavy atom. The van der Waals surface area contributed by atoms with Gasteiger partial charge in [0.25, 0.3) is 5.91 Å². The third-order valence-corrected chi connectivity index (χ3v) is 3.15. The number of nitrogens with one attached hydrogen (secondary N) is 2. The summed E-state index contributed by atoms with van der Waals surface area (Å²) in [5, 5.41) is 9.96. The second-order valence-corrected chi connectivity index (χ2v) is 4.52. The molecule has 0 radical (unpaired) electrons. The van der Waals surface area contributed by atoms with E-state index in [-0.39, 0.29) is 5.91 Å². The largest absolute Gasteiger partial charge is 0.361 e. The molecule has 0 saturated heterocycles. The Morgan fingerprint density at radius 3 is 3.00 bits per heavy atom. The molecule has 2 rings (SSSR count). The molecule has 18 heavy (non-hydrogen) atoms. The molecule has 2 heterocycles. The molecule has 0 spiro atoms. The summed E-state index contributed by atoms with van der Waals surface area (Å²) < 4.78 is 4.98. The molecular formula is C13H19N3O2. The fourth-order valence-electron chi connectivity index (χ4n) is 2.13. The van der Waals surface area contributed by atoms with E-state index in [0.717, 1.165) is 25.9 Å². The Labute approximate surface area is 107 Å². The van der Waals surface area contributed by atoms with Crippen LogP contribution in [0.15, 0.2) is 16.2 Å². The molecule has 0 atom stereocenters. The van der Waals surface area contributed by atoms with Crippen molar-refractivity contribution in [1.82, 2.24) is 15.8 Å². The van der Waals surface area contributed by atoms with Crippen LogP contribution in [-0.2, 0) is 0 Å². The highest BCUT2D eigenvalue weighted by atomic mass is 16.5. The van der Waals surface area contributed by atoms with Crippen LogP contribution in [0.25, 0.3) is 0 Å². The van der Waals surface area contributed by atoms with Crippen molar-refractivity contribution in [3.05, 3.63) is 28.7 Å². The summed E-state index contributed by atoms with van der Waals surface area (Å²) in [4.78, 5) is 11.9. The van der Waals surface area contributed by atoms with Crippen LogP contribution < -0.4 is 10.6 Å². The highest BCUT2D eigenvalue weighted by molar-refractivity contribution is 5.96. The van der Waals surface area contributed by atoms with Gasteiger partial charge in [0.2, 0.25) is 0 Å². The van der Waals surface area contributed by atoms with Gasteiger partial charge in [0.15, 0.2) is 0 Å². The van der Waals surface area contributed by atoms with Gasteiger partial charge in [-0.15, -0.1) is 0 Å². The lowest BCUT2D eigenvalue weighted by Gasteiger charge is -2.14. The average molecular weight is 249 g/mol. The number of aromatic nitrogens is 1. The van der Waals surface area contributed by atoms with Crippen molar-refractivity contribution in [2.75, 3.05) is 19.6 Å². The van der Waals surface area contributed by atoms with E-state index in [4.69, 9.17) is 4.52 Å². The Balaban J connectivity index is 1.83. The number of hydrogen-bond donors (Lipinski definition) is 2. The van der Waals surface area contributed by atoms with Crippen LogP contribution >= 0.6 is 0 Å². The first-order chi connectivity index (χ1) is 8.68. The zero-order valence-corrected chi connectivity index (χ0v) is 10.9. The molecule has 0 unspecified atom stereocenters. The smallest absolute Gasteiger partial charge is 0.256 e. The summed E-state index contributed by atoms with van der Waals surface area (Å²) in [6.45, 7) is 6.16. The average Bonchev–Trinajstić information content (AvgIpc) is 2.70. The molecule has 98 valence electrons. The van der Waals surface area contributed by atoms with E-state index in [1.807, 2.05) is 0 Å². The zero-order valence-electron chi connectivity index (χ0n) is 10.9. The van der Waals surface area contributed by atoms with E-state index in [1.165, 1.54) is 5.57 Å². The summed E-state index contributed by atoms with van der Waals surface area (Å²) in [5.41, 5.74) is 2.62. The molecule has 1 amide bonds. The van der Waals surface area contributed by atoms with Crippen molar-refractivity contribution in [3.63, 3.8) is 0 Å². The molecule has 1 aliphatic rings. The minimum absolute atomic E-state index is 0.0965. The quantitative estimate of drug-likeness (QED) is 0.790. The van der Waals surface area contributed by atoms with Crippen LogP contribution in [-0.4, -0.2) is 30.7 Å². The number of hydrogen-bond acceptors (Lipinski definition) is 4. The minimum Gasteiger partial charge on any atom is -0.361 e. The van der Waals surface area contributed by atoms with Gasteiger partial charge in [0, 0.05) is 13.1 Å². The van der Waals surface area contributed by atoms with Crippen LogP contribution in [0.5, 0.6) is 0 Å². The minimum atomic E-state index is -0.0965. The maximum absolute atomic E-state index is 11.9. The maximum atomic E-state index is 11.9. The molecule has 1 aromatic rings. The van der Waals surface area contributed by atoms with Crippen LogP contribution in [0.2, 0.25) is 0 Å². The SMILES string of the molecule is Cc1noc(C)c1C(=O)NCCC1=CCNCC1. The number of carbonyl (C=O) groups excluding carboxylic acids is 1. The van der Waals surface area contributed by atoms with Crippen molar-refractivity contribution in [2.24, 2.45) is 0 Å². The van der Waals surface area contributed by atoms with Gasteiger partial charge in [-0.1, -0.05) is 16.8 Å². The lowest BCUT2D eigenvalue weighted by molar-refractivity contribution is 0.0952. The molecule has 2 N–H and O–H groups in total. The number of aryl methyl sites for hydroxylation is 2. The van der Waals surface area contributed by atoms with Crippen molar-refractivity contribution in [2.45, 2.75) is 26.7 Å². The molecule has 5 heteroatoms. The lowest BCUT2D eigenvalue weighted by atomic mass is 10.1. The summed E-state index contributed by atoms with van der Waals surface area (Å²) in [6, 6.07) is 0. The van der Waals surface area contributed by atoms with Gasteiger partial charge in [-0.25, -0.2) is 0 Å². The Hall–Kier alpha value is -1.62. The van der Waals surface area contributed by atoms with E-state index in [1.54, 1.807) is 13.8 Å². The van der Waals surface area contributed by atoms with Crippen LogP contribution in [0.1, 0.15) is 34.7 Å². The fraction of sp³-hybridized carbons (Fsp3) is 0.538. The molecule has 1 aliphatic heterocycles. The van der Waals surface area contributed by atoms with Crippen molar-refractivity contribution in [3.8, 4) is 0 Å². The molecule has 0 aromatic carbocycles. The molecule has 5 nitrogen and oxygen atoms in total. The molecule has 0 bridgehead atoms. The summed E-state index contributed by atoms with van der Waals surface area (Å²) in [6.07, 6.45) is 4.18. The number of nitrogens with zero attached hydrogens (tertiary/aromatic N) is 1. The third kappa shape index (κ3) is 2.98. The van der Waals surface area contributed by atoms with Gasteiger partial charge < -0.3 is 15.2 Å². The second kappa shape index (κ2) is 5.82. The van der Waals surface area contributed by atoms with Gasteiger partial charge in [-0.3, -0.25) is 4.79 Å². The van der Waals surface area contributed by atoms with E-state index < -0.39 is 0 Å². The van der Waals surface area contributed by atoms with Gasteiger partial charge in [0.05, 0.1) is 5.69 Å². The van der Waals surface area contributed by atoms with Gasteiger partial charge in [-0.2, -0.15) is 0 Å². The van der Waals surface area contributed by atoms with Gasteiger partial charge in [0.1, 0.15) is 11.3 Å². The first-order valence-electron chi connectivity index (χ1n) is 6.28. The first-order valence-corrected chi connectivity index (χ1v) is 6.28. The van der Waals surface area contributed by atoms with Crippen molar-refractivity contribution in [1.29, 1.82) is 0 Å².